The summed E-state index contributed by atoms with van der Waals surface area (Å²) in [5.74, 6) is 1.66. The average Bonchev–Trinajstić information content (AvgIpc) is 2.91. The standard InChI is InChI=1S/C20H24FN3O2/c1-12-16(19(25)23(2)20(26)22-12)7-8-24-10-14-9-17(18(14)11-24)13-3-5-15(21)6-4-13/h3-6,14,17-18H,7-11H2,1-2H3,(H,22,26). The van der Waals surface area contributed by atoms with E-state index < -0.39 is 0 Å². The molecule has 0 amide bonds. The van der Waals surface area contributed by atoms with Gasteiger partial charge in [-0.25, -0.2) is 9.18 Å². The minimum absolute atomic E-state index is 0.185. The molecule has 1 aromatic heterocycles. The number of benzene rings is 1. The highest BCUT2D eigenvalue weighted by Gasteiger charge is 2.47. The maximum absolute atomic E-state index is 13.1. The summed E-state index contributed by atoms with van der Waals surface area (Å²) in [5, 5.41) is 0. The molecule has 1 N–H and O–H groups in total. The van der Waals surface area contributed by atoms with Gasteiger partial charge < -0.3 is 9.88 Å². The number of hydrogen-bond acceptors (Lipinski definition) is 3. The molecule has 0 bridgehead atoms. The van der Waals surface area contributed by atoms with Crippen LogP contribution in [0.25, 0.3) is 0 Å². The maximum atomic E-state index is 13.1. The monoisotopic (exact) mass is 357 g/mol. The molecule has 0 radical (unpaired) electrons. The summed E-state index contributed by atoms with van der Waals surface area (Å²) in [7, 11) is 1.51. The van der Waals surface area contributed by atoms with E-state index >= 15 is 0 Å². The number of aryl methyl sites for hydroxylation is 1. The van der Waals surface area contributed by atoms with Gasteiger partial charge in [0.15, 0.2) is 0 Å². The van der Waals surface area contributed by atoms with Crippen molar-refractivity contribution < 1.29 is 4.39 Å². The predicted molar refractivity (Wildman–Crippen MR) is 97.9 cm³/mol. The number of rotatable bonds is 4. The Morgan fingerprint density at radius 2 is 1.92 bits per heavy atom. The quantitative estimate of drug-likeness (QED) is 0.908. The number of nitrogens with zero attached hydrogens (tertiary/aromatic N) is 2. The molecule has 2 fully saturated rings. The lowest BCUT2D eigenvalue weighted by Crippen LogP contribution is -2.37. The molecule has 1 aliphatic carbocycles. The molecule has 1 saturated carbocycles. The molecule has 1 saturated heterocycles. The van der Waals surface area contributed by atoms with E-state index in [1.54, 1.807) is 19.1 Å². The van der Waals surface area contributed by atoms with Gasteiger partial charge in [-0.3, -0.25) is 9.36 Å². The zero-order valence-corrected chi connectivity index (χ0v) is 15.2. The van der Waals surface area contributed by atoms with E-state index in [4.69, 9.17) is 0 Å². The molecule has 1 aromatic carbocycles. The zero-order valence-electron chi connectivity index (χ0n) is 15.2. The van der Waals surface area contributed by atoms with E-state index in [1.165, 1.54) is 12.6 Å². The van der Waals surface area contributed by atoms with Crippen LogP contribution >= 0.6 is 0 Å². The van der Waals surface area contributed by atoms with Gasteiger partial charge in [0.05, 0.1) is 0 Å². The van der Waals surface area contributed by atoms with Crippen LogP contribution in [0.15, 0.2) is 33.9 Å². The first-order valence-electron chi connectivity index (χ1n) is 9.20. The van der Waals surface area contributed by atoms with E-state index in [0.717, 1.165) is 30.6 Å². The van der Waals surface area contributed by atoms with E-state index in [-0.39, 0.29) is 17.1 Å². The van der Waals surface area contributed by atoms with Crippen LogP contribution in [0.4, 0.5) is 4.39 Å². The Labute approximate surface area is 151 Å². The SMILES string of the molecule is Cc1[nH]c(=O)n(C)c(=O)c1CCN1CC2CC(c3ccc(F)cc3)C2C1. The third-order valence-electron chi connectivity index (χ3n) is 6.23. The van der Waals surface area contributed by atoms with Crippen molar-refractivity contribution >= 4 is 0 Å². The summed E-state index contributed by atoms with van der Waals surface area (Å²) >= 11 is 0. The number of nitrogens with one attached hydrogen (secondary N) is 1. The number of H-pyrrole nitrogens is 1. The molecule has 6 heteroatoms. The van der Waals surface area contributed by atoms with Crippen LogP contribution in [-0.4, -0.2) is 34.1 Å². The van der Waals surface area contributed by atoms with Crippen LogP contribution in [0.5, 0.6) is 0 Å². The predicted octanol–water partition coefficient (Wildman–Crippen LogP) is 1.80. The van der Waals surface area contributed by atoms with Gasteiger partial charge in [-0.15, -0.1) is 0 Å². The fraction of sp³-hybridized carbons (Fsp3) is 0.500. The molecular formula is C20H24FN3O2. The van der Waals surface area contributed by atoms with Crippen LogP contribution in [0, 0.1) is 24.6 Å². The van der Waals surface area contributed by atoms with Crippen molar-refractivity contribution in [3.63, 3.8) is 0 Å². The Morgan fingerprint density at radius 1 is 1.19 bits per heavy atom. The minimum Gasteiger partial charge on any atom is -0.311 e. The molecule has 2 heterocycles. The maximum Gasteiger partial charge on any atom is 0.328 e. The lowest BCUT2D eigenvalue weighted by molar-refractivity contribution is 0.191. The minimum atomic E-state index is -0.363. The fourth-order valence-corrected chi connectivity index (χ4v) is 4.61. The summed E-state index contributed by atoms with van der Waals surface area (Å²) in [6, 6.07) is 6.91. The lowest BCUT2D eigenvalue weighted by Gasteiger charge is -2.40. The zero-order chi connectivity index (χ0) is 18.4. The van der Waals surface area contributed by atoms with Gasteiger partial charge in [-0.2, -0.15) is 0 Å². The van der Waals surface area contributed by atoms with Gasteiger partial charge in [0.2, 0.25) is 0 Å². The number of fused-ring (bicyclic) bond motifs is 1. The Bertz CT molecular complexity index is 932. The number of aromatic amines is 1. The molecule has 4 rings (SSSR count). The third kappa shape index (κ3) is 2.92. The summed E-state index contributed by atoms with van der Waals surface area (Å²) in [6.45, 7) is 4.70. The van der Waals surface area contributed by atoms with Gasteiger partial charge >= 0.3 is 5.69 Å². The molecule has 5 nitrogen and oxygen atoms in total. The molecule has 0 spiro atoms. The van der Waals surface area contributed by atoms with Crippen LogP contribution in [0.1, 0.15) is 29.2 Å². The van der Waals surface area contributed by atoms with Crippen molar-refractivity contribution in [1.29, 1.82) is 0 Å². The van der Waals surface area contributed by atoms with Gasteiger partial charge in [0.25, 0.3) is 5.56 Å². The van der Waals surface area contributed by atoms with E-state index in [0.29, 0.717) is 35.4 Å². The first kappa shape index (κ1) is 17.2. The molecule has 3 atom stereocenters. The van der Waals surface area contributed by atoms with Crippen molar-refractivity contribution in [3.05, 3.63) is 67.7 Å². The smallest absolute Gasteiger partial charge is 0.311 e. The van der Waals surface area contributed by atoms with Crippen LogP contribution in [-0.2, 0) is 13.5 Å². The average molecular weight is 357 g/mol. The molecule has 26 heavy (non-hydrogen) atoms. The number of likely N-dealkylation sites (tertiary alicyclic amines) is 1. The Balaban J connectivity index is 1.40. The highest BCUT2D eigenvalue weighted by atomic mass is 19.1. The van der Waals surface area contributed by atoms with Crippen molar-refractivity contribution in [2.24, 2.45) is 18.9 Å². The molecular weight excluding hydrogens is 333 g/mol. The Kier molecular flexibility index (Phi) is 4.31. The fourth-order valence-electron chi connectivity index (χ4n) is 4.61. The van der Waals surface area contributed by atoms with E-state index in [9.17, 15) is 14.0 Å². The normalized spacial score (nSPS) is 25.1. The largest absolute Gasteiger partial charge is 0.328 e. The highest BCUT2D eigenvalue weighted by molar-refractivity contribution is 5.26. The van der Waals surface area contributed by atoms with Gasteiger partial charge in [-0.05, 0) is 55.2 Å². The van der Waals surface area contributed by atoms with Crippen molar-refractivity contribution in [2.75, 3.05) is 19.6 Å². The second-order valence-electron chi connectivity index (χ2n) is 7.73. The van der Waals surface area contributed by atoms with Crippen molar-refractivity contribution in [1.82, 2.24) is 14.5 Å². The number of hydrogen-bond donors (Lipinski definition) is 1. The van der Waals surface area contributed by atoms with Crippen LogP contribution in [0.3, 0.4) is 0 Å². The highest BCUT2D eigenvalue weighted by Crippen LogP contribution is 2.51. The lowest BCUT2D eigenvalue weighted by atomic mass is 9.64. The number of aromatic nitrogens is 2. The summed E-state index contributed by atoms with van der Waals surface area (Å²) < 4.78 is 14.3. The first-order valence-corrected chi connectivity index (χ1v) is 9.20. The van der Waals surface area contributed by atoms with Crippen LogP contribution < -0.4 is 11.2 Å². The molecule has 138 valence electrons. The second kappa shape index (κ2) is 6.50. The van der Waals surface area contributed by atoms with E-state index in [1.807, 2.05) is 12.1 Å². The Morgan fingerprint density at radius 3 is 2.65 bits per heavy atom. The van der Waals surface area contributed by atoms with E-state index in [2.05, 4.69) is 9.88 Å². The molecule has 3 unspecified atom stereocenters. The summed E-state index contributed by atoms with van der Waals surface area (Å²) in [4.78, 5) is 29.1. The topological polar surface area (TPSA) is 58.1 Å². The van der Waals surface area contributed by atoms with Crippen LogP contribution in [0.2, 0.25) is 0 Å². The third-order valence-corrected chi connectivity index (χ3v) is 6.23. The van der Waals surface area contributed by atoms with Gasteiger partial charge in [-0.1, -0.05) is 12.1 Å². The number of halogens is 1. The van der Waals surface area contributed by atoms with Gasteiger partial charge in [0.1, 0.15) is 5.82 Å². The molecule has 2 aromatic rings. The second-order valence-corrected chi connectivity index (χ2v) is 7.73. The first-order chi connectivity index (χ1) is 12.4. The van der Waals surface area contributed by atoms with Gasteiger partial charge in [0, 0.05) is 37.9 Å². The van der Waals surface area contributed by atoms with Crippen molar-refractivity contribution in [2.45, 2.75) is 25.7 Å². The summed E-state index contributed by atoms with van der Waals surface area (Å²) in [5.41, 5.74) is 2.04. The van der Waals surface area contributed by atoms with Crippen molar-refractivity contribution in [3.8, 4) is 0 Å². The Hall–Kier alpha value is -2.21. The molecule has 2 aliphatic rings. The summed E-state index contributed by atoms with van der Waals surface area (Å²) in [6.07, 6.45) is 1.81. The molecule has 1 aliphatic heterocycles.